The minimum absolute atomic E-state index is 0.168. The number of anilines is 2. The Hall–Kier alpha value is -4.05. The Kier molecular flexibility index (Phi) is 8.85. The minimum atomic E-state index is -0.930. The molecule has 8 nitrogen and oxygen atoms in total. The molecule has 0 aliphatic rings. The zero-order valence-corrected chi connectivity index (χ0v) is 21.7. The number of rotatable bonds is 11. The topological polar surface area (TPSA) is 96.8 Å². The number of imidazole rings is 1. The van der Waals surface area contributed by atoms with Gasteiger partial charge in [-0.25, -0.2) is 13.8 Å². The Balaban J connectivity index is 1.53. The van der Waals surface area contributed by atoms with Gasteiger partial charge in [-0.05, 0) is 47.7 Å². The molecule has 0 bridgehead atoms. The van der Waals surface area contributed by atoms with Crippen LogP contribution in [0.2, 0.25) is 5.02 Å². The van der Waals surface area contributed by atoms with Gasteiger partial charge in [-0.15, -0.1) is 0 Å². The van der Waals surface area contributed by atoms with E-state index in [0.29, 0.717) is 35.2 Å². The van der Waals surface area contributed by atoms with Crippen LogP contribution in [0, 0.1) is 17.6 Å². The van der Waals surface area contributed by atoms with Crippen LogP contribution >= 0.6 is 11.6 Å². The highest BCUT2D eigenvalue weighted by Crippen LogP contribution is 2.19. The van der Waals surface area contributed by atoms with Crippen LogP contribution in [0.25, 0.3) is 5.82 Å². The first-order valence-corrected chi connectivity index (χ1v) is 12.5. The summed E-state index contributed by atoms with van der Waals surface area (Å²) in [5.41, 5.74) is 1.45. The zero-order valence-electron chi connectivity index (χ0n) is 21.0. The zero-order chi connectivity index (χ0) is 27.1. The second kappa shape index (κ2) is 12.5. The van der Waals surface area contributed by atoms with Crippen molar-refractivity contribution in [2.45, 2.75) is 39.4 Å². The summed E-state index contributed by atoms with van der Waals surface area (Å²) < 4.78 is 28.6. The maximum atomic E-state index is 13.6. The van der Waals surface area contributed by atoms with E-state index in [0.717, 1.165) is 17.7 Å². The van der Waals surface area contributed by atoms with E-state index in [9.17, 15) is 13.6 Å². The summed E-state index contributed by atoms with van der Waals surface area (Å²) in [5.74, 6) is -0.609. The van der Waals surface area contributed by atoms with Crippen molar-refractivity contribution < 1.29 is 13.6 Å². The van der Waals surface area contributed by atoms with E-state index in [1.807, 2.05) is 26.0 Å². The minimum Gasteiger partial charge on any atom is -0.358 e. The molecular formula is C27H28ClF2N7O. The third-order valence-electron chi connectivity index (χ3n) is 5.64. The first-order chi connectivity index (χ1) is 18.3. The Labute approximate surface area is 224 Å². The van der Waals surface area contributed by atoms with Gasteiger partial charge in [0.15, 0.2) is 11.6 Å². The number of benzene rings is 2. The van der Waals surface area contributed by atoms with Crippen LogP contribution < -0.4 is 16.0 Å². The second-order valence-corrected chi connectivity index (χ2v) is 9.61. The molecule has 0 unspecified atom stereocenters. The summed E-state index contributed by atoms with van der Waals surface area (Å²) in [4.78, 5) is 26.3. The molecule has 1 atom stereocenters. The van der Waals surface area contributed by atoms with Gasteiger partial charge >= 0.3 is 0 Å². The van der Waals surface area contributed by atoms with Crippen LogP contribution in [0.1, 0.15) is 31.4 Å². The Bertz CT molecular complexity index is 1360. The van der Waals surface area contributed by atoms with Crippen LogP contribution in [0.15, 0.2) is 67.3 Å². The van der Waals surface area contributed by atoms with Crippen molar-refractivity contribution >= 4 is 29.3 Å². The number of nitrogens with zero attached hydrogens (tertiary/aromatic N) is 4. The van der Waals surface area contributed by atoms with Gasteiger partial charge in [0.1, 0.15) is 24.0 Å². The first-order valence-electron chi connectivity index (χ1n) is 12.1. The standard InChI is InChI=1S/C27H28ClF2N7O/c1-17(2)11-23(26(38)32-14-18-3-6-20(28)7-4-18)34-24-13-25(37-10-9-31-16-37)36-27(35-24)33-15-19-5-8-21(29)22(30)12-19/h3-10,12-13,16-17,23H,11,14-15H2,1-2H3,(H,32,38)(H2,33,34,35,36)/t23-/m1/s1. The van der Waals surface area contributed by atoms with Gasteiger partial charge in [-0.3, -0.25) is 9.36 Å². The number of hydrogen-bond acceptors (Lipinski definition) is 6. The lowest BCUT2D eigenvalue weighted by atomic mass is 10.0. The van der Waals surface area contributed by atoms with Crippen LogP contribution in [0.5, 0.6) is 0 Å². The van der Waals surface area contributed by atoms with E-state index in [2.05, 4.69) is 30.9 Å². The van der Waals surface area contributed by atoms with Gasteiger partial charge in [0.25, 0.3) is 0 Å². The van der Waals surface area contributed by atoms with Gasteiger partial charge < -0.3 is 16.0 Å². The fourth-order valence-corrected chi connectivity index (χ4v) is 3.87. The van der Waals surface area contributed by atoms with Crippen molar-refractivity contribution in [3.05, 3.63) is 95.0 Å². The van der Waals surface area contributed by atoms with Crippen molar-refractivity contribution in [1.82, 2.24) is 24.8 Å². The highest BCUT2D eigenvalue weighted by molar-refractivity contribution is 6.30. The molecule has 1 amide bonds. The molecule has 0 aliphatic heterocycles. The van der Waals surface area contributed by atoms with Gasteiger partial charge in [-0.1, -0.05) is 43.6 Å². The molecule has 2 aromatic carbocycles. The molecule has 0 spiro atoms. The molecule has 11 heteroatoms. The average molecular weight is 540 g/mol. The number of hydrogen-bond donors (Lipinski definition) is 3. The van der Waals surface area contributed by atoms with E-state index in [4.69, 9.17) is 11.6 Å². The van der Waals surface area contributed by atoms with E-state index in [1.54, 1.807) is 41.5 Å². The number of carbonyl (C=O) groups excluding carboxylic acids is 1. The quantitative estimate of drug-likeness (QED) is 0.238. The molecule has 4 aromatic rings. The summed E-state index contributed by atoms with van der Waals surface area (Å²) in [5, 5.41) is 9.90. The van der Waals surface area contributed by atoms with Crippen molar-refractivity contribution in [2.24, 2.45) is 5.92 Å². The van der Waals surface area contributed by atoms with Gasteiger partial charge in [-0.2, -0.15) is 9.97 Å². The molecular weight excluding hydrogens is 512 g/mol. The van der Waals surface area contributed by atoms with Gasteiger partial charge in [0.2, 0.25) is 11.9 Å². The van der Waals surface area contributed by atoms with Crippen LogP contribution in [0.4, 0.5) is 20.5 Å². The summed E-state index contributed by atoms with van der Waals surface area (Å²) in [6.07, 6.45) is 5.51. The second-order valence-electron chi connectivity index (χ2n) is 9.18. The number of amides is 1. The number of nitrogens with one attached hydrogen (secondary N) is 3. The summed E-state index contributed by atoms with van der Waals surface area (Å²) >= 11 is 5.95. The maximum absolute atomic E-state index is 13.6. The van der Waals surface area contributed by atoms with E-state index >= 15 is 0 Å². The summed E-state index contributed by atoms with van der Waals surface area (Å²) in [6.45, 7) is 4.60. The van der Waals surface area contributed by atoms with Crippen molar-refractivity contribution in [3.63, 3.8) is 0 Å². The van der Waals surface area contributed by atoms with E-state index < -0.39 is 17.7 Å². The van der Waals surface area contributed by atoms with Crippen molar-refractivity contribution in [2.75, 3.05) is 10.6 Å². The molecule has 2 heterocycles. The van der Waals surface area contributed by atoms with E-state index in [1.165, 1.54) is 6.07 Å². The molecule has 198 valence electrons. The Morgan fingerprint density at radius 3 is 2.45 bits per heavy atom. The molecule has 3 N–H and O–H groups in total. The summed E-state index contributed by atoms with van der Waals surface area (Å²) in [7, 11) is 0. The van der Waals surface area contributed by atoms with Crippen LogP contribution in [0.3, 0.4) is 0 Å². The lowest BCUT2D eigenvalue weighted by Crippen LogP contribution is -2.40. The molecule has 4 rings (SSSR count). The van der Waals surface area contributed by atoms with E-state index in [-0.39, 0.29) is 24.3 Å². The predicted molar refractivity (Wildman–Crippen MR) is 143 cm³/mol. The molecule has 0 saturated carbocycles. The lowest BCUT2D eigenvalue weighted by Gasteiger charge is -2.21. The highest BCUT2D eigenvalue weighted by atomic mass is 35.5. The first kappa shape index (κ1) is 27.0. The largest absolute Gasteiger partial charge is 0.358 e. The average Bonchev–Trinajstić information content (AvgIpc) is 3.43. The lowest BCUT2D eigenvalue weighted by molar-refractivity contribution is -0.122. The summed E-state index contributed by atoms with van der Waals surface area (Å²) in [6, 6.07) is 12.1. The number of halogens is 3. The fourth-order valence-electron chi connectivity index (χ4n) is 3.74. The van der Waals surface area contributed by atoms with Gasteiger partial charge in [0, 0.05) is 36.6 Å². The molecule has 0 aliphatic carbocycles. The molecule has 2 aromatic heterocycles. The van der Waals surface area contributed by atoms with Crippen molar-refractivity contribution in [1.29, 1.82) is 0 Å². The Morgan fingerprint density at radius 1 is 1.00 bits per heavy atom. The predicted octanol–water partition coefficient (Wildman–Crippen LogP) is 5.35. The van der Waals surface area contributed by atoms with Crippen molar-refractivity contribution in [3.8, 4) is 5.82 Å². The fraction of sp³-hybridized carbons (Fsp3) is 0.259. The monoisotopic (exact) mass is 539 g/mol. The number of carbonyl (C=O) groups is 1. The maximum Gasteiger partial charge on any atom is 0.242 e. The van der Waals surface area contributed by atoms with Gasteiger partial charge in [0.05, 0.1) is 0 Å². The highest BCUT2D eigenvalue weighted by Gasteiger charge is 2.21. The molecule has 0 saturated heterocycles. The molecule has 38 heavy (non-hydrogen) atoms. The normalized spacial score (nSPS) is 11.8. The Morgan fingerprint density at radius 2 is 1.76 bits per heavy atom. The SMILES string of the molecule is CC(C)C[C@@H](Nc1cc(-n2ccnc2)nc(NCc2ccc(F)c(F)c2)n1)C(=O)NCc1ccc(Cl)cc1. The van der Waals surface area contributed by atoms with Crippen LogP contribution in [-0.4, -0.2) is 31.5 Å². The third kappa shape index (κ3) is 7.48. The smallest absolute Gasteiger partial charge is 0.242 e. The third-order valence-corrected chi connectivity index (χ3v) is 5.89. The molecule has 0 radical (unpaired) electrons. The van der Waals surface area contributed by atoms with Crippen LogP contribution in [-0.2, 0) is 17.9 Å². The number of aromatic nitrogens is 4. The molecule has 0 fully saturated rings.